The molecule has 2 heteroatoms. The highest BCUT2D eigenvalue weighted by molar-refractivity contribution is 7.26. The zero-order valence-corrected chi connectivity index (χ0v) is 27.1. The minimum absolute atomic E-state index is 1.12. The lowest BCUT2D eigenvalue weighted by Crippen LogP contribution is -2.10. The van der Waals surface area contributed by atoms with Gasteiger partial charge in [-0.3, -0.25) is 0 Å². The first-order valence-electron chi connectivity index (χ1n) is 16.4. The molecule has 0 amide bonds. The number of hydrogen-bond acceptors (Lipinski definition) is 2. The van der Waals surface area contributed by atoms with E-state index in [0.29, 0.717) is 0 Å². The molecule has 0 spiro atoms. The van der Waals surface area contributed by atoms with Crippen LogP contribution in [0.5, 0.6) is 0 Å². The summed E-state index contributed by atoms with van der Waals surface area (Å²) in [6.45, 7) is 0. The molecule has 48 heavy (non-hydrogen) atoms. The number of thiophene rings is 1. The van der Waals surface area contributed by atoms with Gasteiger partial charge in [-0.2, -0.15) is 0 Å². The molecule has 1 heterocycles. The van der Waals surface area contributed by atoms with E-state index in [1.54, 1.807) is 0 Å². The van der Waals surface area contributed by atoms with E-state index in [2.05, 4.69) is 193 Å². The first kappa shape index (κ1) is 28.3. The van der Waals surface area contributed by atoms with Crippen molar-refractivity contribution in [2.24, 2.45) is 0 Å². The highest BCUT2D eigenvalue weighted by Crippen LogP contribution is 2.48. The summed E-state index contributed by atoms with van der Waals surface area (Å²) in [6.07, 6.45) is 0. The summed E-state index contributed by atoms with van der Waals surface area (Å²) >= 11 is 1.89. The number of fused-ring (bicyclic) bond motifs is 5. The predicted molar refractivity (Wildman–Crippen MR) is 208 cm³/mol. The fraction of sp³-hybridized carbons (Fsp3) is 0. The lowest BCUT2D eigenvalue weighted by atomic mass is 9.93. The summed E-state index contributed by atoms with van der Waals surface area (Å²) in [4.78, 5) is 2.44. The second-order valence-corrected chi connectivity index (χ2v) is 13.2. The number of hydrogen-bond donors (Lipinski definition) is 0. The molecule has 0 saturated carbocycles. The zero-order valence-electron chi connectivity index (χ0n) is 26.3. The Morgan fingerprint density at radius 3 is 1.71 bits per heavy atom. The molecule has 0 aliphatic carbocycles. The molecule has 0 atom stereocenters. The monoisotopic (exact) mass is 629 g/mol. The van der Waals surface area contributed by atoms with Gasteiger partial charge >= 0.3 is 0 Å². The van der Waals surface area contributed by atoms with E-state index in [4.69, 9.17) is 0 Å². The molecule has 8 aromatic carbocycles. The highest BCUT2D eigenvalue weighted by Gasteiger charge is 2.21. The minimum atomic E-state index is 1.12. The first-order chi connectivity index (χ1) is 23.8. The van der Waals surface area contributed by atoms with Crippen molar-refractivity contribution >= 4 is 59.3 Å². The second kappa shape index (κ2) is 12.0. The Kier molecular flexibility index (Phi) is 7.07. The van der Waals surface area contributed by atoms with E-state index < -0.39 is 0 Å². The van der Waals surface area contributed by atoms with Crippen LogP contribution in [-0.4, -0.2) is 0 Å². The summed E-state index contributed by atoms with van der Waals surface area (Å²) in [7, 11) is 0. The maximum absolute atomic E-state index is 2.44. The van der Waals surface area contributed by atoms with E-state index in [1.807, 2.05) is 11.3 Å². The smallest absolute Gasteiger partial charge is 0.0554 e. The maximum atomic E-state index is 2.44. The molecule has 0 saturated heterocycles. The van der Waals surface area contributed by atoms with E-state index >= 15 is 0 Å². The van der Waals surface area contributed by atoms with Crippen molar-refractivity contribution < 1.29 is 0 Å². The first-order valence-corrected chi connectivity index (χ1v) is 17.2. The third-order valence-corrected chi connectivity index (χ3v) is 10.5. The molecule has 1 nitrogen and oxygen atoms in total. The summed E-state index contributed by atoms with van der Waals surface area (Å²) < 4.78 is 2.62. The summed E-state index contributed by atoms with van der Waals surface area (Å²) in [5.74, 6) is 0. The lowest BCUT2D eigenvalue weighted by Gasteiger charge is -2.28. The second-order valence-electron chi connectivity index (χ2n) is 12.1. The summed E-state index contributed by atoms with van der Waals surface area (Å²) in [6, 6.07) is 68.1. The Bertz CT molecular complexity index is 2530. The number of nitrogens with zero attached hydrogens (tertiary/aromatic N) is 1. The van der Waals surface area contributed by atoms with E-state index in [1.165, 1.54) is 70.0 Å². The van der Waals surface area contributed by atoms with Crippen LogP contribution in [0.3, 0.4) is 0 Å². The number of rotatable bonds is 6. The number of benzene rings is 8. The Balaban J connectivity index is 1.30. The molecule has 9 aromatic rings. The molecular weight excluding hydrogens is 599 g/mol. The van der Waals surface area contributed by atoms with Gasteiger partial charge in [-0.05, 0) is 80.6 Å². The van der Waals surface area contributed by atoms with Gasteiger partial charge in [0.15, 0.2) is 0 Å². The van der Waals surface area contributed by atoms with Crippen LogP contribution in [0.25, 0.3) is 64.3 Å². The van der Waals surface area contributed by atoms with Crippen LogP contribution in [0.2, 0.25) is 0 Å². The average molecular weight is 630 g/mol. The summed E-state index contributed by atoms with van der Waals surface area (Å²) in [5, 5.41) is 5.15. The van der Waals surface area contributed by atoms with Gasteiger partial charge in [0, 0.05) is 31.5 Å². The largest absolute Gasteiger partial charge is 0.310 e. The lowest BCUT2D eigenvalue weighted by molar-refractivity contribution is 1.30. The molecule has 0 unspecified atom stereocenters. The van der Waals surface area contributed by atoms with Crippen LogP contribution in [0.15, 0.2) is 188 Å². The minimum Gasteiger partial charge on any atom is -0.310 e. The van der Waals surface area contributed by atoms with Crippen molar-refractivity contribution in [1.29, 1.82) is 0 Å². The van der Waals surface area contributed by atoms with Gasteiger partial charge in [0.25, 0.3) is 0 Å². The van der Waals surface area contributed by atoms with Gasteiger partial charge in [0.1, 0.15) is 0 Å². The summed E-state index contributed by atoms with van der Waals surface area (Å²) in [5.41, 5.74) is 10.7. The molecule has 1 aromatic heterocycles. The Labute approximate surface area is 284 Å². The maximum Gasteiger partial charge on any atom is 0.0554 e. The van der Waals surface area contributed by atoms with E-state index in [9.17, 15) is 0 Å². The average Bonchev–Trinajstić information content (AvgIpc) is 3.56. The quantitative estimate of drug-likeness (QED) is 0.177. The van der Waals surface area contributed by atoms with Crippen molar-refractivity contribution in [1.82, 2.24) is 0 Å². The highest BCUT2D eigenvalue weighted by atomic mass is 32.1. The van der Waals surface area contributed by atoms with Crippen molar-refractivity contribution in [3.8, 4) is 33.4 Å². The SMILES string of the molecule is c1ccc(-c2ccc(N(c3ccc(-c4ccccc4)c(-c4ccccc4)c3)c3cccc4sc5c6ccccc6ccc5c34)cc2)cc1. The molecule has 0 aliphatic heterocycles. The van der Waals surface area contributed by atoms with Crippen molar-refractivity contribution in [2.45, 2.75) is 0 Å². The van der Waals surface area contributed by atoms with E-state index in [-0.39, 0.29) is 0 Å². The topological polar surface area (TPSA) is 3.24 Å². The van der Waals surface area contributed by atoms with Gasteiger partial charge in [-0.1, -0.05) is 152 Å². The van der Waals surface area contributed by atoms with Crippen molar-refractivity contribution in [3.05, 3.63) is 188 Å². The van der Waals surface area contributed by atoms with Crippen molar-refractivity contribution in [3.63, 3.8) is 0 Å². The molecule has 0 radical (unpaired) electrons. The van der Waals surface area contributed by atoms with Crippen LogP contribution in [0, 0.1) is 0 Å². The van der Waals surface area contributed by atoms with Crippen LogP contribution in [0.1, 0.15) is 0 Å². The van der Waals surface area contributed by atoms with Gasteiger partial charge in [0.05, 0.1) is 5.69 Å². The Morgan fingerprint density at radius 2 is 0.979 bits per heavy atom. The normalized spacial score (nSPS) is 11.3. The molecule has 0 N–H and O–H groups in total. The van der Waals surface area contributed by atoms with Gasteiger partial charge in [-0.25, -0.2) is 0 Å². The fourth-order valence-corrected chi connectivity index (χ4v) is 8.24. The predicted octanol–water partition coefficient (Wildman–Crippen LogP) is 13.7. The molecular formula is C46H31NS. The third kappa shape index (κ3) is 4.95. The van der Waals surface area contributed by atoms with E-state index in [0.717, 1.165) is 11.4 Å². The Morgan fingerprint density at radius 1 is 0.375 bits per heavy atom. The van der Waals surface area contributed by atoms with Gasteiger partial charge in [-0.15, -0.1) is 11.3 Å². The molecule has 0 fully saturated rings. The molecule has 226 valence electrons. The van der Waals surface area contributed by atoms with Gasteiger partial charge in [0.2, 0.25) is 0 Å². The van der Waals surface area contributed by atoms with Gasteiger partial charge < -0.3 is 4.90 Å². The fourth-order valence-electron chi connectivity index (χ4n) is 6.98. The third-order valence-electron chi connectivity index (χ3n) is 9.27. The van der Waals surface area contributed by atoms with Crippen LogP contribution >= 0.6 is 11.3 Å². The van der Waals surface area contributed by atoms with Crippen LogP contribution in [0.4, 0.5) is 17.1 Å². The molecule has 0 bridgehead atoms. The zero-order chi connectivity index (χ0) is 31.9. The standard InChI is InChI=1S/C46H31NS/c1-4-13-32(14-5-1)33-23-26-37(27-24-33)47(38-28-30-39(34-15-6-2-7-16-34)42(31-38)35-17-8-3-9-18-35)43-21-12-22-44-45(43)41-29-25-36-19-10-11-20-40(36)46(41)48-44/h1-31H. The molecule has 0 aliphatic rings. The molecule has 9 rings (SSSR count). The van der Waals surface area contributed by atoms with Crippen LogP contribution < -0.4 is 4.90 Å². The van der Waals surface area contributed by atoms with Crippen molar-refractivity contribution in [2.75, 3.05) is 4.90 Å². The number of anilines is 3. The van der Waals surface area contributed by atoms with Crippen LogP contribution in [-0.2, 0) is 0 Å². The Hall–Kier alpha value is -5.96.